The number of sulfone groups is 1. The zero-order valence-electron chi connectivity index (χ0n) is 13.9. The van der Waals surface area contributed by atoms with E-state index in [0.29, 0.717) is 18.4 Å². The molecule has 9 heteroatoms. The third-order valence-corrected chi connectivity index (χ3v) is 5.49. The lowest BCUT2D eigenvalue weighted by Crippen LogP contribution is -2.47. The molecule has 0 bridgehead atoms. The van der Waals surface area contributed by atoms with Gasteiger partial charge in [-0.3, -0.25) is 14.0 Å². The van der Waals surface area contributed by atoms with Crippen LogP contribution in [-0.4, -0.2) is 58.5 Å². The van der Waals surface area contributed by atoms with Crippen molar-refractivity contribution < 1.29 is 23.1 Å². The number of hydrogen-bond donors (Lipinski definition) is 1. The Bertz CT molecular complexity index is 950. The SMILES string of the molecule is CC1CCC(C(=O)O)CN1C(=O)c1nc(S(C)(=O)=O)n2ccccc12. The number of rotatable bonds is 3. The molecule has 3 rings (SSSR count). The number of piperidine rings is 1. The molecule has 0 aromatic carbocycles. The van der Waals surface area contributed by atoms with Gasteiger partial charge in [0.05, 0.1) is 11.4 Å². The molecule has 0 aliphatic carbocycles. The van der Waals surface area contributed by atoms with Gasteiger partial charge in [-0.1, -0.05) is 6.07 Å². The number of likely N-dealkylation sites (tertiary alicyclic amines) is 1. The van der Waals surface area contributed by atoms with Gasteiger partial charge in [-0.05, 0) is 31.9 Å². The van der Waals surface area contributed by atoms with Gasteiger partial charge in [0.15, 0.2) is 5.69 Å². The fourth-order valence-corrected chi connectivity index (χ4v) is 3.93. The summed E-state index contributed by atoms with van der Waals surface area (Å²) in [5.74, 6) is -2.00. The summed E-state index contributed by atoms with van der Waals surface area (Å²) >= 11 is 0. The van der Waals surface area contributed by atoms with Gasteiger partial charge < -0.3 is 10.0 Å². The van der Waals surface area contributed by atoms with E-state index in [1.165, 1.54) is 15.5 Å². The molecule has 0 spiro atoms. The van der Waals surface area contributed by atoms with Crippen LogP contribution < -0.4 is 0 Å². The molecule has 0 saturated carbocycles. The number of carbonyl (C=O) groups is 2. The molecule has 2 aromatic rings. The van der Waals surface area contributed by atoms with E-state index in [9.17, 15) is 23.1 Å². The van der Waals surface area contributed by atoms with Crippen molar-refractivity contribution in [1.82, 2.24) is 14.3 Å². The molecule has 1 N–H and O–H groups in total. The molecule has 1 fully saturated rings. The van der Waals surface area contributed by atoms with E-state index in [-0.39, 0.29) is 23.4 Å². The van der Waals surface area contributed by atoms with Crippen molar-refractivity contribution in [2.45, 2.75) is 31.0 Å². The number of nitrogens with zero attached hydrogens (tertiary/aromatic N) is 3. The summed E-state index contributed by atoms with van der Waals surface area (Å²) < 4.78 is 25.3. The van der Waals surface area contributed by atoms with Gasteiger partial charge in [-0.2, -0.15) is 0 Å². The number of fused-ring (bicyclic) bond motifs is 1. The van der Waals surface area contributed by atoms with Crippen molar-refractivity contribution in [3.05, 3.63) is 30.1 Å². The standard InChI is InChI=1S/C16H19N3O5S/c1-10-6-7-11(15(21)22)9-19(10)14(20)13-12-5-3-4-8-18(12)16(17-13)25(2,23)24/h3-5,8,10-11H,6-7,9H2,1-2H3,(H,21,22). The Morgan fingerprint density at radius 1 is 1.28 bits per heavy atom. The molecule has 0 radical (unpaired) electrons. The molecular formula is C16H19N3O5S. The van der Waals surface area contributed by atoms with Gasteiger partial charge in [0, 0.05) is 25.0 Å². The van der Waals surface area contributed by atoms with Gasteiger partial charge in [0.25, 0.3) is 5.91 Å². The summed E-state index contributed by atoms with van der Waals surface area (Å²) in [4.78, 5) is 29.8. The minimum atomic E-state index is -3.62. The fraction of sp³-hybridized carbons (Fsp3) is 0.438. The molecule has 1 aliphatic rings. The zero-order valence-corrected chi connectivity index (χ0v) is 14.7. The molecule has 2 aromatic heterocycles. The predicted octanol–water partition coefficient (Wildman–Crippen LogP) is 1.06. The van der Waals surface area contributed by atoms with Crippen molar-refractivity contribution >= 4 is 27.2 Å². The highest BCUT2D eigenvalue weighted by molar-refractivity contribution is 7.90. The number of hydrogen-bond acceptors (Lipinski definition) is 5. The largest absolute Gasteiger partial charge is 0.481 e. The molecule has 1 amide bonds. The Kier molecular flexibility index (Phi) is 4.28. The summed E-state index contributed by atoms with van der Waals surface area (Å²) in [5.41, 5.74) is 0.413. The van der Waals surface area contributed by atoms with Crippen LogP contribution in [0.4, 0.5) is 0 Å². The minimum Gasteiger partial charge on any atom is -0.481 e. The Morgan fingerprint density at radius 3 is 2.64 bits per heavy atom. The first-order valence-corrected chi connectivity index (χ1v) is 9.80. The number of carboxylic acid groups (broad SMARTS) is 1. The molecule has 2 unspecified atom stereocenters. The number of pyridine rings is 1. The van der Waals surface area contributed by atoms with Gasteiger partial charge in [0.2, 0.25) is 15.0 Å². The van der Waals surface area contributed by atoms with Crippen LogP contribution >= 0.6 is 0 Å². The lowest BCUT2D eigenvalue weighted by Gasteiger charge is -2.36. The Hall–Kier alpha value is -2.42. The number of carbonyl (C=O) groups excluding carboxylic acids is 1. The van der Waals surface area contributed by atoms with Crippen LogP contribution in [0.3, 0.4) is 0 Å². The molecule has 3 heterocycles. The summed E-state index contributed by atoms with van der Waals surface area (Å²) in [7, 11) is -3.62. The van der Waals surface area contributed by atoms with Crippen LogP contribution in [0.2, 0.25) is 0 Å². The summed E-state index contributed by atoms with van der Waals surface area (Å²) in [6, 6.07) is 4.84. The average molecular weight is 365 g/mol. The van der Waals surface area contributed by atoms with Crippen molar-refractivity contribution in [2.75, 3.05) is 12.8 Å². The first-order chi connectivity index (χ1) is 11.7. The van der Waals surface area contributed by atoms with Crippen molar-refractivity contribution in [1.29, 1.82) is 0 Å². The molecule has 8 nitrogen and oxygen atoms in total. The van der Waals surface area contributed by atoms with E-state index in [2.05, 4.69) is 4.98 Å². The maximum absolute atomic E-state index is 13.0. The second-order valence-corrected chi connectivity index (χ2v) is 8.30. The first-order valence-electron chi connectivity index (χ1n) is 7.91. The Morgan fingerprint density at radius 2 is 2.00 bits per heavy atom. The van der Waals surface area contributed by atoms with E-state index in [1.54, 1.807) is 18.2 Å². The van der Waals surface area contributed by atoms with E-state index >= 15 is 0 Å². The smallest absolute Gasteiger partial charge is 0.308 e. The molecule has 25 heavy (non-hydrogen) atoms. The van der Waals surface area contributed by atoms with Crippen LogP contribution in [0.15, 0.2) is 29.6 Å². The van der Waals surface area contributed by atoms with Gasteiger partial charge in [0.1, 0.15) is 0 Å². The molecule has 2 atom stereocenters. The summed E-state index contributed by atoms with van der Waals surface area (Å²) in [6.45, 7) is 1.95. The highest BCUT2D eigenvalue weighted by atomic mass is 32.2. The second kappa shape index (κ2) is 6.14. The zero-order chi connectivity index (χ0) is 18.4. The second-order valence-electron chi connectivity index (χ2n) is 6.39. The third-order valence-electron chi connectivity index (χ3n) is 4.54. The monoisotopic (exact) mass is 365 g/mol. The predicted molar refractivity (Wildman–Crippen MR) is 89.2 cm³/mol. The highest BCUT2D eigenvalue weighted by Crippen LogP contribution is 2.26. The summed E-state index contributed by atoms with van der Waals surface area (Å²) in [6.07, 6.45) is 3.66. The van der Waals surface area contributed by atoms with E-state index < -0.39 is 27.6 Å². The first kappa shape index (κ1) is 17.4. The average Bonchev–Trinajstić information content (AvgIpc) is 2.94. The molecule has 134 valence electrons. The van der Waals surface area contributed by atoms with Crippen LogP contribution in [0.25, 0.3) is 5.52 Å². The normalized spacial score (nSPS) is 21.4. The maximum Gasteiger partial charge on any atom is 0.308 e. The van der Waals surface area contributed by atoms with E-state index in [1.807, 2.05) is 6.92 Å². The number of imidazole rings is 1. The van der Waals surface area contributed by atoms with E-state index in [4.69, 9.17) is 0 Å². The van der Waals surface area contributed by atoms with Crippen molar-refractivity contribution in [2.24, 2.45) is 5.92 Å². The van der Waals surface area contributed by atoms with E-state index in [0.717, 1.165) is 6.26 Å². The van der Waals surface area contributed by atoms with Crippen LogP contribution in [0, 0.1) is 5.92 Å². The molecule has 1 saturated heterocycles. The molecule has 1 aliphatic heterocycles. The van der Waals surface area contributed by atoms with Crippen LogP contribution in [-0.2, 0) is 14.6 Å². The van der Waals surface area contributed by atoms with Crippen molar-refractivity contribution in [3.63, 3.8) is 0 Å². The Labute approximate surface area is 145 Å². The summed E-state index contributed by atoms with van der Waals surface area (Å²) in [5, 5.41) is 9.04. The quantitative estimate of drug-likeness (QED) is 0.871. The molecular weight excluding hydrogens is 346 g/mol. The number of aliphatic carboxylic acids is 1. The van der Waals surface area contributed by atoms with Gasteiger partial charge in [-0.15, -0.1) is 0 Å². The minimum absolute atomic E-state index is 0.0268. The van der Waals surface area contributed by atoms with Gasteiger partial charge >= 0.3 is 5.97 Å². The topological polar surface area (TPSA) is 109 Å². The van der Waals surface area contributed by atoms with Crippen LogP contribution in [0.1, 0.15) is 30.3 Å². The van der Waals surface area contributed by atoms with Gasteiger partial charge in [-0.25, -0.2) is 13.4 Å². The maximum atomic E-state index is 13.0. The lowest BCUT2D eigenvalue weighted by atomic mass is 9.93. The third kappa shape index (κ3) is 3.11. The number of amides is 1. The lowest BCUT2D eigenvalue weighted by molar-refractivity contribution is -0.143. The van der Waals surface area contributed by atoms with Crippen molar-refractivity contribution in [3.8, 4) is 0 Å². The number of carboxylic acids is 1. The highest BCUT2D eigenvalue weighted by Gasteiger charge is 2.35. The Balaban J connectivity index is 2.07. The van der Waals surface area contributed by atoms with Crippen LogP contribution in [0.5, 0.6) is 0 Å². The number of aromatic nitrogens is 2. The fourth-order valence-electron chi connectivity index (χ4n) is 3.16.